The fourth-order valence-corrected chi connectivity index (χ4v) is 1.90. The number of pyridine rings is 1. The van der Waals surface area contributed by atoms with Gasteiger partial charge in [-0.3, -0.25) is 9.78 Å². The SMILES string of the molecule is O=C(O)[C@H]1CCCN1C(=O)c1ccccn1. The molecule has 0 bridgehead atoms. The summed E-state index contributed by atoms with van der Waals surface area (Å²) in [5.41, 5.74) is 0.302. The van der Waals surface area contributed by atoms with Crippen LogP contribution in [0.1, 0.15) is 23.3 Å². The van der Waals surface area contributed by atoms with Crippen molar-refractivity contribution in [2.75, 3.05) is 6.54 Å². The number of hydrogen-bond donors (Lipinski definition) is 1. The van der Waals surface area contributed by atoms with E-state index in [0.29, 0.717) is 18.7 Å². The molecule has 1 saturated heterocycles. The van der Waals surface area contributed by atoms with E-state index in [2.05, 4.69) is 4.98 Å². The van der Waals surface area contributed by atoms with E-state index in [1.165, 1.54) is 11.1 Å². The molecule has 1 fully saturated rings. The molecule has 0 saturated carbocycles. The van der Waals surface area contributed by atoms with Crippen LogP contribution in [0.5, 0.6) is 0 Å². The second-order valence-corrected chi connectivity index (χ2v) is 3.71. The van der Waals surface area contributed by atoms with E-state index in [0.717, 1.165) is 6.42 Å². The maximum absolute atomic E-state index is 12.0. The molecule has 84 valence electrons. The van der Waals surface area contributed by atoms with Crippen molar-refractivity contribution in [1.82, 2.24) is 9.88 Å². The highest BCUT2D eigenvalue weighted by Crippen LogP contribution is 2.19. The van der Waals surface area contributed by atoms with Crippen molar-refractivity contribution in [1.29, 1.82) is 0 Å². The van der Waals surface area contributed by atoms with E-state index in [9.17, 15) is 9.59 Å². The zero-order chi connectivity index (χ0) is 11.5. The summed E-state index contributed by atoms with van der Waals surface area (Å²) in [6, 6.07) is 4.33. The van der Waals surface area contributed by atoms with Crippen LogP contribution in [0.3, 0.4) is 0 Å². The van der Waals surface area contributed by atoms with Gasteiger partial charge in [0.2, 0.25) is 0 Å². The number of carbonyl (C=O) groups excluding carboxylic acids is 1. The Kier molecular flexibility index (Phi) is 2.85. The number of likely N-dealkylation sites (tertiary alicyclic amines) is 1. The molecule has 1 amide bonds. The van der Waals surface area contributed by atoms with Gasteiger partial charge >= 0.3 is 5.97 Å². The molecule has 2 heterocycles. The molecule has 0 radical (unpaired) electrons. The van der Waals surface area contributed by atoms with Gasteiger partial charge < -0.3 is 10.0 Å². The van der Waals surface area contributed by atoms with Crippen molar-refractivity contribution in [3.05, 3.63) is 30.1 Å². The fraction of sp³-hybridized carbons (Fsp3) is 0.364. The Morgan fingerprint density at radius 3 is 2.88 bits per heavy atom. The van der Waals surface area contributed by atoms with Gasteiger partial charge in [-0.1, -0.05) is 6.07 Å². The summed E-state index contributed by atoms with van der Waals surface area (Å²) < 4.78 is 0. The summed E-state index contributed by atoms with van der Waals surface area (Å²) in [5.74, 6) is -1.24. The molecule has 5 heteroatoms. The molecule has 16 heavy (non-hydrogen) atoms. The first kappa shape index (κ1) is 10.6. The molecule has 1 atom stereocenters. The highest BCUT2D eigenvalue weighted by molar-refractivity contribution is 5.95. The molecular weight excluding hydrogens is 208 g/mol. The maximum atomic E-state index is 12.0. The Morgan fingerprint density at radius 2 is 2.25 bits per heavy atom. The van der Waals surface area contributed by atoms with Crippen LogP contribution in [0.4, 0.5) is 0 Å². The first-order valence-corrected chi connectivity index (χ1v) is 5.15. The predicted octanol–water partition coefficient (Wildman–Crippen LogP) is 0.771. The molecule has 0 spiro atoms. The van der Waals surface area contributed by atoms with E-state index in [4.69, 9.17) is 5.11 Å². The number of carbonyl (C=O) groups is 2. The van der Waals surface area contributed by atoms with Crippen molar-refractivity contribution in [2.45, 2.75) is 18.9 Å². The maximum Gasteiger partial charge on any atom is 0.326 e. The molecule has 1 aliphatic heterocycles. The average molecular weight is 220 g/mol. The van der Waals surface area contributed by atoms with E-state index in [-0.39, 0.29) is 5.91 Å². The molecule has 1 N–H and O–H groups in total. The predicted molar refractivity (Wildman–Crippen MR) is 55.9 cm³/mol. The van der Waals surface area contributed by atoms with Gasteiger partial charge in [0, 0.05) is 12.7 Å². The summed E-state index contributed by atoms with van der Waals surface area (Å²) in [4.78, 5) is 28.2. The van der Waals surface area contributed by atoms with Gasteiger partial charge in [-0.25, -0.2) is 4.79 Å². The van der Waals surface area contributed by atoms with Crippen LogP contribution < -0.4 is 0 Å². The normalized spacial score (nSPS) is 19.8. The Balaban J connectivity index is 2.19. The number of aromatic nitrogens is 1. The van der Waals surface area contributed by atoms with Crippen LogP contribution in [0.2, 0.25) is 0 Å². The molecular formula is C11H12N2O3. The topological polar surface area (TPSA) is 70.5 Å². The summed E-state index contributed by atoms with van der Waals surface area (Å²) >= 11 is 0. The monoisotopic (exact) mass is 220 g/mol. The Labute approximate surface area is 92.7 Å². The minimum absolute atomic E-state index is 0.300. The lowest BCUT2D eigenvalue weighted by Gasteiger charge is -2.20. The summed E-state index contributed by atoms with van der Waals surface area (Å²) in [5, 5.41) is 8.97. The number of carboxylic acid groups (broad SMARTS) is 1. The van der Waals surface area contributed by atoms with E-state index < -0.39 is 12.0 Å². The molecule has 1 aromatic rings. The highest BCUT2D eigenvalue weighted by Gasteiger charge is 2.34. The minimum atomic E-state index is -0.943. The third-order valence-corrected chi connectivity index (χ3v) is 2.68. The summed E-state index contributed by atoms with van der Waals surface area (Å²) in [6.07, 6.45) is 2.78. The quantitative estimate of drug-likeness (QED) is 0.799. The molecule has 5 nitrogen and oxygen atoms in total. The molecule has 1 aliphatic rings. The molecule has 2 rings (SSSR count). The molecule has 0 unspecified atom stereocenters. The Morgan fingerprint density at radius 1 is 1.44 bits per heavy atom. The first-order chi connectivity index (χ1) is 7.70. The largest absolute Gasteiger partial charge is 0.480 e. The second-order valence-electron chi connectivity index (χ2n) is 3.71. The van der Waals surface area contributed by atoms with Crippen LogP contribution in [-0.4, -0.2) is 39.5 Å². The van der Waals surface area contributed by atoms with Gasteiger partial charge in [-0.2, -0.15) is 0 Å². The zero-order valence-electron chi connectivity index (χ0n) is 8.67. The summed E-state index contributed by atoms with van der Waals surface area (Å²) in [7, 11) is 0. The van der Waals surface area contributed by atoms with Gasteiger partial charge in [0.05, 0.1) is 0 Å². The smallest absolute Gasteiger partial charge is 0.326 e. The van der Waals surface area contributed by atoms with Gasteiger partial charge in [0.1, 0.15) is 11.7 Å². The van der Waals surface area contributed by atoms with Crippen molar-refractivity contribution in [3.8, 4) is 0 Å². The van der Waals surface area contributed by atoms with Crippen LogP contribution >= 0.6 is 0 Å². The highest BCUT2D eigenvalue weighted by atomic mass is 16.4. The van der Waals surface area contributed by atoms with Gasteiger partial charge in [-0.15, -0.1) is 0 Å². The number of hydrogen-bond acceptors (Lipinski definition) is 3. The third kappa shape index (κ3) is 1.88. The molecule has 0 aromatic carbocycles. The van der Waals surface area contributed by atoms with Crippen LogP contribution in [0, 0.1) is 0 Å². The lowest BCUT2D eigenvalue weighted by atomic mass is 10.2. The number of aliphatic carboxylic acids is 1. The summed E-state index contributed by atoms with van der Waals surface area (Å²) in [6.45, 7) is 0.492. The van der Waals surface area contributed by atoms with E-state index in [1.54, 1.807) is 18.2 Å². The van der Waals surface area contributed by atoms with Gasteiger partial charge in [0.15, 0.2) is 0 Å². The molecule has 0 aliphatic carbocycles. The van der Waals surface area contributed by atoms with Crippen LogP contribution in [0.15, 0.2) is 24.4 Å². The lowest BCUT2D eigenvalue weighted by Crippen LogP contribution is -2.40. The minimum Gasteiger partial charge on any atom is -0.480 e. The third-order valence-electron chi connectivity index (χ3n) is 2.68. The van der Waals surface area contributed by atoms with Crippen LogP contribution in [-0.2, 0) is 4.79 Å². The number of amides is 1. The van der Waals surface area contributed by atoms with Crippen molar-refractivity contribution < 1.29 is 14.7 Å². The van der Waals surface area contributed by atoms with Crippen LogP contribution in [0.25, 0.3) is 0 Å². The van der Waals surface area contributed by atoms with Crippen molar-refractivity contribution in [3.63, 3.8) is 0 Å². The fourth-order valence-electron chi connectivity index (χ4n) is 1.90. The van der Waals surface area contributed by atoms with Gasteiger partial charge in [-0.05, 0) is 25.0 Å². The number of nitrogens with zero attached hydrogens (tertiary/aromatic N) is 2. The van der Waals surface area contributed by atoms with Crippen molar-refractivity contribution in [2.24, 2.45) is 0 Å². The zero-order valence-corrected chi connectivity index (χ0v) is 8.67. The molecule has 1 aromatic heterocycles. The van der Waals surface area contributed by atoms with Gasteiger partial charge in [0.25, 0.3) is 5.91 Å². The number of rotatable bonds is 2. The van der Waals surface area contributed by atoms with Crippen molar-refractivity contribution >= 4 is 11.9 Å². The Bertz CT molecular complexity index is 405. The number of carboxylic acids is 1. The lowest BCUT2D eigenvalue weighted by molar-refractivity contribution is -0.141. The standard InChI is InChI=1S/C11H12N2O3/c14-10(8-4-1-2-6-12-8)13-7-3-5-9(13)11(15)16/h1-2,4,6,9H,3,5,7H2,(H,15,16)/t9-/m1/s1. The second kappa shape index (κ2) is 4.30. The van der Waals surface area contributed by atoms with E-state index >= 15 is 0 Å². The van der Waals surface area contributed by atoms with E-state index in [1.807, 2.05) is 0 Å². The first-order valence-electron chi connectivity index (χ1n) is 5.15. The Hall–Kier alpha value is -1.91. The average Bonchev–Trinajstić information content (AvgIpc) is 2.78.